The van der Waals surface area contributed by atoms with Crippen molar-refractivity contribution >= 4 is 11.7 Å². The average Bonchev–Trinajstić information content (AvgIpc) is 2.91. The standard InChI is InChI=1S/C18H27N3O2/c1-23-17-8-6-16(7-9-17)19-12-14-21(15-13-19)18(22)20-10-4-2-3-5-11-20/h6-9H,2-5,10-15H2,1H3. The molecule has 5 heteroatoms. The summed E-state index contributed by atoms with van der Waals surface area (Å²) in [5.74, 6) is 0.878. The molecule has 0 aliphatic carbocycles. The zero-order valence-corrected chi connectivity index (χ0v) is 14.0. The van der Waals surface area contributed by atoms with Gasteiger partial charge in [-0.2, -0.15) is 0 Å². The van der Waals surface area contributed by atoms with Crippen LogP contribution in [0.25, 0.3) is 0 Å². The van der Waals surface area contributed by atoms with E-state index in [4.69, 9.17) is 4.74 Å². The maximum Gasteiger partial charge on any atom is 0.320 e. The molecule has 0 atom stereocenters. The monoisotopic (exact) mass is 317 g/mol. The highest BCUT2D eigenvalue weighted by molar-refractivity contribution is 5.75. The van der Waals surface area contributed by atoms with Crippen molar-refractivity contribution in [1.82, 2.24) is 9.80 Å². The summed E-state index contributed by atoms with van der Waals surface area (Å²) in [4.78, 5) is 19.1. The van der Waals surface area contributed by atoms with Crippen LogP contribution in [-0.4, -0.2) is 62.2 Å². The van der Waals surface area contributed by atoms with Crippen molar-refractivity contribution in [2.24, 2.45) is 0 Å². The highest BCUT2D eigenvalue weighted by Crippen LogP contribution is 2.21. The fourth-order valence-corrected chi connectivity index (χ4v) is 3.41. The van der Waals surface area contributed by atoms with Crippen molar-refractivity contribution in [2.45, 2.75) is 25.7 Å². The molecule has 2 aliphatic heterocycles. The van der Waals surface area contributed by atoms with Crippen molar-refractivity contribution in [3.8, 4) is 5.75 Å². The summed E-state index contributed by atoms with van der Waals surface area (Å²) in [6.45, 7) is 5.26. The normalized spacial score (nSPS) is 19.4. The number of hydrogen-bond donors (Lipinski definition) is 0. The SMILES string of the molecule is COc1ccc(N2CCN(C(=O)N3CCCCCC3)CC2)cc1. The van der Waals surface area contributed by atoms with Crippen LogP contribution in [0.2, 0.25) is 0 Å². The van der Waals surface area contributed by atoms with Crippen LogP contribution in [-0.2, 0) is 0 Å². The third kappa shape index (κ3) is 3.89. The Bertz CT molecular complexity index is 502. The lowest BCUT2D eigenvalue weighted by molar-refractivity contribution is 0.151. The van der Waals surface area contributed by atoms with Crippen molar-refractivity contribution in [3.05, 3.63) is 24.3 Å². The Morgan fingerprint density at radius 1 is 0.826 bits per heavy atom. The topological polar surface area (TPSA) is 36.0 Å². The van der Waals surface area contributed by atoms with Crippen LogP contribution in [0.15, 0.2) is 24.3 Å². The molecule has 1 aromatic rings. The van der Waals surface area contributed by atoms with Crippen LogP contribution in [0.3, 0.4) is 0 Å². The molecule has 0 unspecified atom stereocenters. The molecule has 2 amide bonds. The van der Waals surface area contributed by atoms with Crippen molar-refractivity contribution in [3.63, 3.8) is 0 Å². The van der Waals surface area contributed by atoms with E-state index in [0.717, 1.165) is 57.9 Å². The van der Waals surface area contributed by atoms with Crippen LogP contribution < -0.4 is 9.64 Å². The summed E-state index contributed by atoms with van der Waals surface area (Å²) in [5, 5.41) is 0. The number of benzene rings is 1. The zero-order chi connectivity index (χ0) is 16.1. The number of ether oxygens (including phenoxy) is 1. The van der Waals surface area contributed by atoms with Gasteiger partial charge in [-0.25, -0.2) is 4.79 Å². The van der Waals surface area contributed by atoms with Crippen LogP contribution in [0.1, 0.15) is 25.7 Å². The molecule has 0 N–H and O–H groups in total. The summed E-state index contributed by atoms with van der Waals surface area (Å²) >= 11 is 0. The minimum atomic E-state index is 0.237. The molecule has 2 fully saturated rings. The number of rotatable bonds is 2. The molecule has 0 radical (unpaired) electrons. The first-order valence-electron chi connectivity index (χ1n) is 8.71. The molecule has 0 aromatic heterocycles. The number of methoxy groups -OCH3 is 1. The Morgan fingerprint density at radius 3 is 1.96 bits per heavy atom. The number of amides is 2. The predicted octanol–water partition coefficient (Wildman–Crippen LogP) is 2.81. The van der Waals surface area contributed by atoms with E-state index in [2.05, 4.69) is 21.9 Å². The first-order valence-corrected chi connectivity index (χ1v) is 8.71. The van der Waals surface area contributed by atoms with E-state index in [1.807, 2.05) is 17.0 Å². The van der Waals surface area contributed by atoms with E-state index < -0.39 is 0 Å². The lowest BCUT2D eigenvalue weighted by Gasteiger charge is -2.38. The number of anilines is 1. The van der Waals surface area contributed by atoms with E-state index in [0.29, 0.717) is 0 Å². The largest absolute Gasteiger partial charge is 0.497 e. The van der Waals surface area contributed by atoms with Crippen molar-refractivity contribution < 1.29 is 9.53 Å². The van der Waals surface area contributed by atoms with Gasteiger partial charge in [0.15, 0.2) is 0 Å². The van der Waals surface area contributed by atoms with Gasteiger partial charge in [-0.15, -0.1) is 0 Å². The number of nitrogens with zero attached hydrogens (tertiary/aromatic N) is 3. The molecular formula is C18H27N3O2. The first kappa shape index (κ1) is 16.0. The minimum absolute atomic E-state index is 0.237. The fraction of sp³-hybridized carbons (Fsp3) is 0.611. The van der Waals surface area contributed by atoms with E-state index in [1.54, 1.807) is 7.11 Å². The highest BCUT2D eigenvalue weighted by atomic mass is 16.5. The lowest BCUT2D eigenvalue weighted by Crippen LogP contribution is -2.53. The molecule has 0 saturated carbocycles. The maximum absolute atomic E-state index is 12.6. The minimum Gasteiger partial charge on any atom is -0.497 e. The fourth-order valence-electron chi connectivity index (χ4n) is 3.41. The van der Waals surface area contributed by atoms with Gasteiger partial charge in [-0.3, -0.25) is 0 Å². The Kier molecular flexibility index (Phi) is 5.26. The van der Waals surface area contributed by atoms with Gasteiger partial charge < -0.3 is 19.4 Å². The second-order valence-corrected chi connectivity index (χ2v) is 6.36. The van der Waals surface area contributed by atoms with Gasteiger partial charge in [0.1, 0.15) is 5.75 Å². The van der Waals surface area contributed by atoms with Crippen LogP contribution in [0.5, 0.6) is 5.75 Å². The molecular weight excluding hydrogens is 290 g/mol. The molecule has 2 saturated heterocycles. The Hall–Kier alpha value is -1.91. The van der Waals surface area contributed by atoms with Gasteiger partial charge >= 0.3 is 6.03 Å². The lowest BCUT2D eigenvalue weighted by atomic mass is 10.2. The summed E-state index contributed by atoms with van der Waals surface area (Å²) in [6, 6.07) is 8.39. The summed E-state index contributed by atoms with van der Waals surface area (Å²) < 4.78 is 5.21. The molecule has 2 aliphatic rings. The van der Waals surface area contributed by atoms with Crippen LogP contribution in [0, 0.1) is 0 Å². The molecule has 0 bridgehead atoms. The summed E-state index contributed by atoms with van der Waals surface area (Å²) in [6.07, 6.45) is 4.82. The van der Waals surface area contributed by atoms with Gasteiger partial charge in [0.25, 0.3) is 0 Å². The number of carbonyl (C=O) groups is 1. The number of urea groups is 1. The summed E-state index contributed by atoms with van der Waals surface area (Å²) in [5.41, 5.74) is 1.20. The molecule has 0 spiro atoms. The number of carbonyl (C=O) groups excluding carboxylic acids is 1. The highest BCUT2D eigenvalue weighted by Gasteiger charge is 2.25. The molecule has 3 rings (SSSR count). The summed E-state index contributed by atoms with van der Waals surface area (Å²) in [7, 11) is 1.68. The van der Waals surface area contributed by atoms with Gasteiger partial charge in [0, 0.05) is 45.0 Å². The Labute approximate surface area is 138 Å². The second kappa shape index (κ2) is 7.57. The third-order valence-electron chi connectivity index (χ3n) is 4.86. The second-order valence-electron chi connectivity index (χ2n) is 6.36. The molecule has 23 heavy (non-hydrogen) atoms. The number of piperazine rings is 1. The van der Waals surface area contributed by atoms with Gasteiger partial charge in [0.2, 0.25) is 0 Å². The van der Waals surface area contributed by atoms with Gasteiger partial charge in [-0.05, 0) is 37.1 Å². The average molecular weight is 317 g/mol. The first-order chi connectivity index (χ1) is 11.3. The van der Waals surface area contributed by atoms with E-state index in [9.17, 15) is 4.79 Å². The van der Waals surface area contributed by atoms with Gasteiger partial charge in [0.05, 0.1) is 7.11 Å². The van der Waals surface area contributed by atoms with E-state index in [1.165, 1.54) is 18.5 Å². The molecule has 1 aromatic carbocycles. The molecule has 126 valence electrons. The Balaban J connectivity index is 1.53. The van der Waals surface area contributed by atoms with Gasteiger partial charge in [-0.1, -0.05) is 12.8 Å². The van der Waals surface area contributed by atoms with E-state index >= 15 is 0 Å². The smallest absolute Gasteiger partial charge is 0.320 e. The van der Waals surface area contributed by atoms with E-state index in [-0.39, 0.29) is 6.03 Å². The van der Waals surface area contributed by atoms with Crippen molar-refractivity contribution in [1.29, 1.82) is 0 Å². The predicted molar refractivity (Wildman–Crippen MR) is 92.2 cm³/mol. The maximum atomic E-state index is 12.6. The quantitative estimate of drug-likeness (QED) is 0.841. The van der Waals surface area contributed by atoms with Crippen molar-refractivity contribution in [2.75, 3.05) is 51.3 Å². The molecule has 5 nitrogen and oxygen atoms in total. The number of hydrogen-bond acceptors (Lipinski definition) is 3. The molecule has 2 heterocycles. The zero-order valence-electron chi connectivity index (χ0n) is 14.0. The Morgan fingerprint density at radius 2 is 1.39 bits per heavy atom. The number of likely N-dealkylation sites (tertiary alicyclic amines) is 1. The van der Waals surface area contributed by atoms with Crippen LogP contribution >= 0.6 is 0 Å². The van der Waals surface area contributed by atoms with Crippen LogP contribution in [0.4, 0.5) is 10.5 Å². The third-order valence-corrected chi connectivity index (χ3v) is 4.86.